The summed E-state index contributed by atoms with van der Waals surface area (Å²) in [4.78, 5) is 48.7. The summed E-state index contributed by atoms with van der Waals surface area (Å²) < 4.78 is 39.6. The van der Waals surface area contributed by atoms with Gasteiger partial charge >= 0.3 is 25.7 Å². The average molecular weight is 1110 g/mol. The van der Waals surface area contributed by atoms with E-state index in [4.69, 9.17) is 23.3 Å². The first-order valence-corrected chi connectivity index (χ1v) is 32.6. The van der Waals surface area contributed by atoms with Crippen LogP contribution in [0.3, 0.4) is 0 Å². The fourth-order valence-electron chi connectivity index (χ4n) is 8.23. The largest absolute Gasteiger partial charge is 0.472 e. The number of unbranched alkanes of at least 4 members (excludes halogenated alkanes) is 24. The molecule has 0 rings (SSSR count). The molecule has 448 valence electrons. The molecule has 0 saturated heterocycles. The van der Waals surface area contributed by atoms with E-state index < -0.39 is 57.8 Å². The predicted octanol–water partition coefficient (Wildman–Crippen LogP) is 18.8. The Morgan fingerprint density at radius 3 is 1.03 bits per heavy atom. The molecule has 0 heterocycles. The summed E-state index contributed by atoms with van der Waals surface area (Å²) in [5, 5.41) is 9.85. The molecule has 0 fully saturated rings. The van der Waals surface area contributed by atoms with Gasteiger partial charge in [-0.3, -0.25) is 23.4 Å². The van der Waals surface area contributed by atoms with Gasteiger partial charge in [0, 0.05) is 19.3 Å². The van der Waals surface area contributed by atoms with Gasteiger partial charge in [-0.05, 0) is 122 Å². The van der Waals surface area contributed by atoms with Crippen molar-refractivity contribution in [1.82, 2.24) is 0 Å². The van der Waals surface area contributed by atoms with Crippen molar-refractivity contribution in [1.29, 1.82) is 0 Å². The number of hydrogen-bond acceptors (Lipinski definition) is 10. The third-order valence-corrected chi connectivity index (χ3v) is 13.9. The van der Waals surface area contributed by atoms with Crippen LogP contribution < -0.4 is 0 Å². The van der Waals surface area contributed by atoms with Crippen LogP contribution in [-0.2, 0) is 42.2 Å². The van der Waals surface area contributed by atoms with Crippen molar-refractivity contribution in [2.24, 2.45) is 0 Å². The highest BCUT2D eigenvalue weighted by molar-refractivity contribution is 7.47. The van der Waals surface area contributed by atoms with E-state index in [9.17, 15) is 28.9 Å². The van der Waals surface area contributed by atoms with Crippen LogP contribution in [0.25, 0.3) is 0 Å². The Hall–Kier alpha value is -3.60. The molecule has 78 heavy (non-hydrogen) atoms. The lowest BCUT2D eigenvalue weighted by Gasteiger charge is -2.21. The molecule has 0 amide bonds. The molecule has 3 atom stereocenters. The van der Waals surface area contributed by atoms with Crippen LogP contribution in [0, 0.1) is 0 Å². The number of aliphatic hydroxyl groups excluding tert-OH is 1. The van der Waals surface area contributed by atoms with E-state index in [0.29, 0.717) is 19.3 Å². The molecule has 0 aliphatic heterocycles. The third kappa shape index (κ3) is 57.1. The number of hydrogen-bond donors (Lipinski definition) is 2. The molecule has 0 aliphatic carbocycles. The topological polar surface area (TPSA) is 155 Å². The zero-order valence-corrected chi connectivity index (χ0v) is 50.5. The van der Waals surface area contributed by atoms with Gasteiger partial charge in [-0.1, -0.05) is 221 Å². The van der Waals surface area contributed by atoms with Crippen LogP contribution >= 0.6 is 7.82 Å². The number of carbonyl (C=O) groups is 3. The van der Waals surface area contributed by atoms with Crippen molar-refractivity contribution < 1.29 is 52.2 Å². The molecule has 0 aromatic carbocycles. The molecule has 0 aromatic rings. The van der Waals surface area contributed by atoms with E-state index >= 15 is 0 Å². The molecular formula is C66H113O11P. The van der Waals surface area contributed by atoms with E-state index in [2.05, 4.69) is 118 Å². The van der Waals surface area contributed by atoms with Gasteiger partial charge in [-0.2, -0.15) is 0 Å². The molecule has 0 aliphatic rings. The predicted molar refractivity (Wildman–Crippen MR) is 325 cm³/mol. The highest BCUT2D eigenvalue weighted by Gasteiger charge is 2.28. The molecule has 0 radical (unpaired) electrons. The molecule has 12 heteroatoms. The minimum absolute atomic E-state index is 0.144. The number of ether oxygens (including phenoxy) is 3. The fraction of sp³-hybridized carbons (Fsp3) is 0.712. The molecule has 11 nitrogen and oxygen atoms in total. The van der Waals surface area contributed by atoms with Crippen LogP contribution in [0.15, 0.2) is 97.2 Å². The van der Waals surface area contributed by atoms with Crippen LogP contribution in [0.1, 0.15) is 265 Å². The van der Waals surface area contributed by atoms with Gasteiger partial charge in [-0.25, -0.2) is 4.57 Å². The fourth-order valence-corrected chi connectivity index (χ4v) is 9.01. The van der Waals surface area contributed by atoms with Crippen molar-refractivity contribution in [2.75, 3.05) is 26.4 Å². The maximum atomic E-state index is 12.9. The maximum Gasteiger partial charge on any atom is 0.472 e. The number of phosphoric acid groups is 1. The smallest absolute Gasteiger partial charge is 0.462 e. The first-order valence-electron chi connectivity index (χ1n) is 31.1. The summed E-state index contributed by atoms with van der Waals surface area (Å²) in [7, 11) is -4.77. The second kappa shape index (κ2) is 59.5. The highest BCUT2D eigenvalue weighted by Crippen LogP contribution is 2.43. The Morgan fingerprint density at radius 1 is 0.372 bits per heavy atom. The number of rotatable bonds is 57. The Morgan fingerprint density at radius 2 is 0.667 bits per heavy atom. The molecule has 0 bridgehead atoms. The van der Waals surface area contributed by atoms with Crippen molar-refractivity contribution in [3.63, 3.8) is 0 Å². The van der Waals surface area contributed by atoms with Gasteiger partial charge in [0.1, 0.15) is 12.7 Å². The summed E-state index contributed by atoms with van der Waals surface area (Å²) in [6, 6.07) is 0. The zero-order valence-electron chi connectivity index (χ0n) is 49.6. The lowest BCUT2D eigenvalue weighted by Crippen LogP contribution is -2.30. The molecule has 3 unspecified atom stereocenters. The first kappa shape index (κ1) is 74.4. The third-order valence-electron chi connectivity index (χ3n) is 13.0. The van der Waals surface area contributed by atoms with Crippen molar-refractivity contribution in [2.45, 2.75) is 277 Å². The normalized spacial score (nSPS) is 14.0. The Labute approximate surface area is 476 Å². The summed E-state index contributed by atoms with van der Waals surface area (Å²) in [6.45, 7) is 4.46. The monoisotopic (exact) mass is 1110 g/mol. The molecular weight excluding hydrogens is 1000 g/mol. The number of esters is 3. The molecule has 0 aromatic heterocycles. The number of aliphatic hydroxyl groups is 1. The van der Waals surface area contributed by atoms with Crippen LogP contribution in [0.2, 0.25) is 0 Å². The number of carbonyl (C=O) groups excluding carboxylic acids is 3. The first-order chi connectivity index (χ1) is 38.2. The van der Waals surface area contributed by atoms with Crippen molar-refractivity contribution in [3.05, 3.63) is 97.2 Å². The maximum absolute atomic E-state index is 12.9. The van der Waals surface area contributed by atoms with Gasteiger partial charge in [0.2, 0.25) is 0 Å². The number of allylic oxidation sites excluding steroid dienone is 16. The van der Waals surface area contributed by atoms with E-state index in [-0.39, 0.29) is 25.9 Å². The minimum atomic E-state index is -4.77. The minimum Gasteiger partial charge on any atom is -0.462 e. The van der Waals surface area contributed by atoms with Crippen LogP contribution in [0.4, 0.5) is 0 Å². The second-order valence-electron chi connectivity index (χ2n) is 20.5. The second-order valence-corrected chi connectivity index (χ2v) is 21.9. The summed E-state index contributed by atoms with van der Waals surface area (Å²) in [6.07, 6.45) is 70.6. The lowest BCUT2D eigenvalue weighted by molar-refractivity contribution is -0.161. The van der Waals surface area contributed by atoms with E-state index in [1.807, 2.05) is 0 Å². The van der Waals surface area contributed by atoms with Crippen LogP contribution in [0.5, 0.6) is 0 Å². The van der Waals surface area contributed by atoms with Crippen LogP contribution in [-0.4, -0.2) is 66.5 Å². The highest BCUT2D eigenvalue weighted by atomic mass is 31.2. The van der Waals surface area contributed by atoms with Gasteiger partial charge in [0.25, 0.3) is 0 Å². The SMILES string of the molecule is CC/C=C\C/C=C\C/C=C\C/C=C\CCCCCCCCC(=O)OC(COC(=O)CCCCCCC/C=C\C/C=C\CCCCC)COP(=O)(O)OCC(CO)OC(=O)CCCCCCCCC/C=C\C/C=C\CCCCC. The van der Waals surface area contributed by atoms with E-state index in [1.54, 1.807) is 0 Å². The zero-order chi connectivity index (χ0) is 56.9. The molecule has 0 spiro atoms. The van der Waals surface area contributed by atoms with Gasteiger partial charge in [0.15, 0.2) is 6.10 Å². The van der Waals surface area contributed by atoms with Crippen molar-refractivity contribution >= 4 is 25.7 Å². The molecule has 0 saturated carbocycles. The summed E-state index contributed by atoms with van der Waals surface area (Å²) in [5.41, 5.74) is 0. The summed E-state index contributed by atoms with van der Waals surface area (Å²) >= 11 is 0. The summed E-state index contributed by atoms with van der Waals surface area (Å²) in [5.74, 6) is -1.50. The standard InChI is InChI=1S/C66H113O11P/c1-4-7-10-13-16-19-22-25-28-30-31-33-36-39-42-45-48-51-54-57-66(70)77-63(59-73-64(68)55-52-49-46-43-40-37-34-27-24-21-18-15-12-9-6-3)61-75-78(71,72)74-60-62(58-67)76-65(69)56-53-50-47-44-41-38-35-32-29-26-23-20-17-14-11-8-5-2/h7,10,16-21,25-29,31,33-34,62-63,67H,4-6,8-9,11-15,22-24,30,32,35-61H2,1-3H3,(H,71,72)/b10-7-,19-16-,20-17-,21-18-,28-25-,29-26-,33-31-,34-27-. The quantitative estimate of drug-likeness (QED) is 0.0197. The Balaban J connectivity index is 4.75. The van der Waals surface area contributed by atoms with Gasteiger partial charge in [-0.15, -0.1) is 0 Å². The Kier molecular flexibility index (Phi) is 56.8. The lowest BCUT2D eigenvalue weighted by atomic mass is 10.1. The van der Waals surface area contributed by atoms with Gasteiger partial charge < -0.3 is 24.2 Å². The van der Waals surface area contributed by atoms with E-state index in [1.165, 1.54) is 57.8 Å². The molecule has 2 N–H and O–H groups in total. The van der Waals surface area contributed by atoms with Crippen molar-refractivity contribution in [3.8, 4) is 0 Å². The van der Waals surface area contributed by atoms with Gasteiger partial charge in [0.05, 0.1) is 19.8 Å². The van der Waals surface area contributed by atoms with E-state index in [0.717, 1.165) is 148 Å². The Bertz CT molecular complexity index is 1680. The number of phosphoric ester groups is 1. The average Bonchev–Trinajstić information content (AvgIpc) is 3.43.